The Hall–Kier alpha value is -3.13. The molecule has 0 aliphatic carbocycles. The van der Waals surface area contributed by atoms with Crippen molar-refractivity contribution < 1.29 is 4.74 Å². The summed E-state index contributed by atoms with van der Waals surface area (Å²) in [6, 6.07) is 17.7. The van der Waals surface area contributed by atoms with Crippen molar-refractivity contribution in [1.29, 1.82) is 0 Å². The van der Waals surface area contributed by atoms with Gasteiger partial charge in [-0.05, 0) is 23.3 Å². The molecule has 1 aliphatic rings. The molecule has 130 valence electrons. The van der Waals surface area contributed by atoms with Crippen LogP contribution in [0.1, 0.15) is 11.1 Å². The molecule has 1 N–H and O–H groups in total. The number of rotatable bonds is 5. The first-order valence-corrected chi connectivity index (χ1v) is 8.96. The first-order valence-electron chi connectivity index (χ1n) is 7.98. The van der Waals surface area contributed by atoms with Gasteiger partial charge in [0, 0.05) is 5.75 Å². The number of hydrogen-bond acceptors (Lipinski definition) is 7. The lowest BCUT2D eigenvalue weighted by Crippen LogP contribution is -2.14. The van der Waals surface area contributed by atoms with Crippen LogP contribution >= 0.6 is 11.8 Å². The number of hydrogen-bond donors (Lipinski definition) is 1. The molecule has 8 heteroatoms. The standard InChI is InChI=1S/C18H16N6OS/c1-25-15-9-5-6-13(10-15)11-19-20-17-21-22-18-24(17)23-16(12-26-18)14-7-3-2-4-8-14/h2-11H,12H2,1H3,(H,20,21)/b19-11+. The van der Waals surface area contributed by atoms with Crippen LogP contribution in [0.25, 0.3) is 0 Å². The molecule has 2 aromatic carbocycles. The van der Waals surface area contributed by atoms with E-state index in [1.165, 1.54) is 0 Å². The number of hydrazone groups is 1. The van der Waals surface area contributed by atoms with Crippen LogP contribution in [0, 0.1) is 0 Å². The highest BCUT2D eigenvalue weighted by Crippen LogP contribution is 2.25. The van der Waals surface area contributed by atoms with E-state index >= 15 is 0 Å². The van der Waals surface area contributed by atoms with E-state index in [-0.39, 0.29) is 0 Å². The van der Waals surface area contributed by atoms with E-state index < -0.39 is 0 Å². The first kappa shape index (κ1) is 16.3. The molecule has 0 unspecified atom stereocenters. The molecule has 0 bridgehead atoms. The molecule has 0 saturated heterocycles. The number of methoxy groups -OCH3 is 1. The molecule has 0 spiro atoms. The van der Waals surface area contributed by atoms with Crippen molar-refractivity contribution in [2.24, 2.45) is 10.2 Å². The minimum Gasteiger partial charge on any atom is -0.497 e. The predicted molar refractivity (Wildman–Crippen MR) is 103 cm³/mol. The molecule has 26 heavy (non-hydrogen) atoms. The van der Waals surface area contributed by atoms with Gasteiger partial charge in [-0.15, -0.1) is 10.2 Å². The first-order chi connectivity index (χ1) is 12.8. The molecule has 7 nitrogen and oxygen atoms in total. The summed E-state index contributed by atoms with van der Waals surface area (Å²) in [7, 11) is 1.64. The van der Waals surface area contributed by atoms with Gasteiger partial charge in [-0.2, -0.15) is 14.9 Å². The van der Waals surface area contributed by atoms with E-state index in [0.29, 0.717) is 5.95 Å². The lowest BCUT2D eigenvalue weighted by Gasteiger charge is -2.13. The second kappa shape index (κ2) is 7.40. The van der Waals surface area contributed by atoms with E-state index in [1.807, 2.05) is 54.6 Å². The molecule has 0 amide bonds. The molecule has 0 radical (unpaired) electrons. The fourth-order valence-corrected chi connectivity index (χ4v) is 3.29. The topological polar surface area (TPSA) is 76.7 Å². The van der Waals surface area contributed by atoms with Crippen LogP contribution in [-0.4, -0.2) is 39.7 Å². The average Bonchev–Trinajstić information content (AvgIpc) is 3.11. The van der Waals surface area contributed by atoms with E-state index in [1.54, 1.807) is 29.8 Å². The van der Waals surface area contributed by atoms with Gasteiger partial charge in [0.2, 0.25) is 5.16 Å². The number of fused-ring (bicyclic) bond motifs is 1. The van der Waals surface area contributed by atoms with Crippen LogP contribution < -0.4 is 10.2 Å². The third kappa shape index (κ3) is 3.45. The number of ether oxygens (including phenoxy) is 1. The van der Waals surface area contributed by atoms with Crippen molar-refractivity contribution in [3.05, 3.63) is 65.7 Å². The van der Waals surface area contributed by atoms with Crippen molar-refractivity contribution in [2.45, 2.75) is 5.16 Å². The van der Waals surface area contributed by atoms with Crippen LogP contribution in [0.15, 0.2) is 70.0 Å². The summed E-state index contributed by atoms with van der Waals surface area (Å²) in [5.41, 5.74) is 5.89. The summed E-state index contributed by atoms with van der Waals surface area (Å²) >= 11 is 1.60. The van der Waals surface area contributed by atoms with Gasteiger partial charge in [0.1, 0.15) is 5.75 Å². The Balaban J connectivity index is 1.54. The molecule has 0 saturated carbocycles. The number of nitrogens with one attached hydrogen (secondary N) is 1. The van der Waals surface area contributed by atoms with E-state index in [9.17, 15) is 0 Å². The Bertz CT molecular complexity index is 967. The average molecular weight is 364 g/mol. The van der Waals surface area contributed by atoms with Crippen molar-refractivity contribution >= 4 is 29.6 Å². The zero-order valence-electron chi connectivity index (χ0n) is 14.0. The van der Waals surface area contributed by atoms with Crippen molar-refractivity contribution in [3.63, 3.8) is 0 Å². The van der Waals surface area contributed by atoms with Gasteiger partial charge in [0.05, 0.1) is 19.0 Å². The van der Waals surface area contributed by atoms with Gasteiger partial charge < -0.3 is 4.74 Å². The SMILES string of the molecule is COc1cccc(/C=N/Nc2nnc3n2N=C(c2ccccc2)CS3)c1. The van der Waals surface area contributed by atoms with E-state index in [4.69, 9.17) is 4.74 Å². The van der Waals surface area contributed by atoms with E-state index in [2.05, 4.69) is 25.8 Å². The lowest BCUT2D eigenvalue weighted by molar-refractivity contribution is 0.415. The van der Waals surface area contributed by atoms with Crippen LogP contribution in [0.5, 0.6) is 5.75 Å². The zero-order valence-corrected chi connectivity index (χ0v) is 14.8. The highest BCUT2D eigenvalue weighted by molar-refractivity contribution is 7.99. The van der Waals surface area contributed by atoms with Gasteiger partial charge in [-0.1, -0.05) is 54.2 Å². The van der Waals surface area contributed by atoms with Crippen LogP contribution in [0.3, 0.4) is 0 Å². The van der Waals surface area contributed by atoms with Crippen molar-refractivity contribution in [2.75, 3.05) is 18.3 Å². The Labute approximate surface area is 154 Å². The molecule has 4 rings (SSSR count). The largest absolute Gasteiger partial charge is 0.497 e. The summed E-state index contributed by atoms with van der Waals surface area (Å²) in [5, 5.41) is 17.9. The Morgan fingerprint density at radius 1 is 1.15 bits per heavy atom. The number of anilines is 1. The van der Waals surface area contributed by atoms with Gasteiger partial charge >= 0.3 is 0 Å². The smallest absolute Gasteiger partial charge is 0.266 e. The Morgan fingerprint density at radius 3 is 2.88 bits per heavy atom. The van der Waals surface area contributed by atoms with Gasteiger partial charge in [0.15, 0.2) is 0 Å². The molecule has 0 fully saturated rings. The number of benzene rings is 2. The van der Waals surface area contributed by atoms with Gasteiger partial charge in [0.25, 0.3) is 5.95 Å². The highest BCUT2D eigenvalue weighted by atomic mass is 32.2. The maximum absolute atomic E-state index is 5.21. The third-order valence-corrected chi connectivity index (χ3v) is 4.68. The van der Waals surface area contributed by atoms with Gasteiger partial charge in [-0.25, -0.2) is 5.43 Å². The summed E-state index contributed by atoms with van der Waals surface area (Å²) in [6.07, 6.45) is 1.70. The lowest BCUT2D eigenvalue weighted by atomic mass is 10.1. The fraction of sp³-hybridized carbons (Fsp3) is 0.111. The van der Waals surface area contributed by atoms with Crippen molar-refractivity contribution in [1.82, 2.24) is 14.9 Å². The molecular weight excluding hydrogens is 348 g/mol. The summed E-state index contributed by atoms with van der Waals surface area (Å²) in [5.74, 6) is 2.01. The van der Waals surface area contributed by atoms with Crippen LogP contribution in [0.2, 0.25) is 0 Å². The molecule has 3 aromatic rings. The summed E-state index contributed by atoms with van der Waals surface area (Å²) in [4.78, 5) is 0. The third-order valence-electron chi connectivity index (χ3n) is 3.75. The normalized spacial score (nSPS) is 13.3. The zero-order chi connectivity index (χ0) is 17.8. The molecule has 1 aliphatic heterocycles. The minimum absolute atomic E-state index is 0.472. The summed E-state index contributed by atoms with van der Waals surface area (Å²) < 4.78 is 6.89. The molecule has 0 atom stereocenters. The van der Waals surface area contributed by atoms with Gasteiger partial charge in [-0.3, -0.25) is 0 Å². The maximum Gasteiger partial charge on any atom is 0.266 e. The van der Waals surface area contributed by atoms with Crippen LogP contribution in [0.4, 0.5) is 5.95 Å². The minimum atomic E-state index is 0.472. The van der Waals surface area contributed by atoms with E-state index in [0.717, 1.165) is 33.5 Å². The monoisotopic (exact) mass is 364 g/mol. The summed E-state index contributed by atoms with van der Waals surface area (Å²) in [6.45, 7) is 0. The maximum atomic E-state index is 5.21. The highest BCUT2D eigenvalue weighted by Gasteiger charge is 2.19. The number of thioether (sulfide) groups is 1. The Kier molecular flexibility index (Phi) is 4.65. The van der Waals surface area contributed by atoms with Crippen LogP contribution in [-0.2, 0) is 0 Å². The molecular formula is C18H16N6OS. The molecule has 1 aromatic heterocycles. The predicted octanol–water partition coefficient (Wildman–Crippen LogP) is 3.09. The second-order valence-corrected chi connectivity index (χ2v) is 6.41. The number of nitrogens with zero attached hydrogens (tertiary/aromatic N) is 5. The fourth-order valence-electron chi connectivity index (χ4n) is 2.46. The molecule has 2 heterocycles. The quantitative estimate of drug-likeness (QED) is 0.556. The Morgan fingerprint density at radius 2 is 2.04 bits per heavy atom. The second-order valence-electron chi connectivity index (χ2n) is 5.47. The number of aromatic nitrogens is 3. The van der Waals surface area contributed by atoms with Crippen molar-refractivity contribution in [3.8, 4) is 5.75 Å².